The Bertz CT molecular complexity index is 1200. The zero-order valence-corrected chi connectivity index (χ0v) is 19.0. The lowest BCUT2D eigenvalue weighted by Crippen LogP contribution is -2.33. The second kappa shape index (κ2) is 10.4. The van der Waals surface area contributed by atoms with Crippen molar-refractivity contribution in [2.45, 2.75) is 12.8 Å². The number of carbonyl (C=O) groups excluding carboxylic acids is 3. The van der Waals surface area contributed by atoms with Crippen LogP contribution in [0.2, 0.25) is 5.02 Å². The van der Waals surface area contributed by atoms with E-state index in [0.717, 1.165) is 0 Å². The molecule has 0 atom stereocenters. The average Bonchev–Trinajstić information content (AvgIpc) is 3.09. The number of amides is 3. The van der Waals surface area contributed by atoms with Crippen LogP contribution in [0.5, 0.6) is 0 Å². The molecule has 34 heavy (non-hydrogen) atoms. The third-order valence-electron chi connectivity index (χ3n) is 5.58. The maximum Gasteiger partial charge on any atom is 0.261 e. The first kappa shape index (κ1) is 23.4. The normalized spacial score (nSPS) is 12.9. The topological polar surface area (TPSA) is 57.7 Å². The van der Waals surface area contributed by atoms with Gasteiger partial charge in [-0.05, 0) is 73.0 Å². The Balaban J connectivity index is 1.40. The van der Waals surface area contributed by atoms with E-state index in [4.69, 9.17) is 11.6 Å². The molecule has 3 aromatic carbocycles. The van der Waals surface area contributed by atoms with Gasteiger partial charge in [0.2, 0.25) is 0 Å². The van der Waals surface area contributed by atoms with Crippen LogP contribution in [0.3, 0.4) is 0 Å². The molecule has 7 heteroatoms. The van der Waals surface area contributed by atoms with E-state index in [0.29, 0.717) is 46.8 Å². The summed E-state index contributed by atoms with van der Waals surface area (Å²) in [6, 6.07) is 19.6. The molecular formula is C27H22ClFN2O3. The van der Waals surface area contributed by atoms with Gasteiger partial charge >= 0.3 is 0 Å². The first-order valence-corrected chi connectivity index (χ1v) is 11.3. The van der Waals surface area contributed by atoms with Crippen molar-refractivity contribution in [3.8, 4) is 0 Å². The van der Waals surface area contributed by atoms with Crippen LogP contribution >= 0.6 is 11.6 Å². The first-order valence-electron chi connectivity index (χ1n) is 10.9. The number of hydrogen-bond acceptors (Lipinski definition) is 3. The maximum absolute atomic E-state index is 13.1. The number of unbranched alkanes of at least 4 members (excludes halogenated alkanes) is 1. The average molecular weight is 477 g/mol. The van der Waals surface area contributed by atoms with Gasteiger partial charge in [-0.1, -0.05) is 35.9 Å². The van der Waals surface area contributed by atoms with Crippen molar-refractivity contribution in [3.63, 3.8) is 0 Å². The number of hydrogen-bond donors (Lipinski definition) is 0. The Hall–Kier alpha value is -3.77. The summed E-state index contributed by atoms with van der Waals surface area (Å²) >= 11 is 6.00. The summed E-state index contributed by atoms with van der Waals surface area (Å²) in [7, 11) is 0. The number of fused-ring (bicyclic) bond motifs is 1. The summed E-state index contributed by atoms with van der Waals surface area (Å²) in [6.45, 7) is 0.664. The lowest BCUT2D eigenvalue weighted by atomic mass is 10.1. The summed E-state index contributed by atoms with van der Waals surface area (Å²) in [4.78, 5) is 40.9. The molecule has 4 rings (SSSR count). The zero-order chi connectivity index (χ0) is 24.1. The van der Waals surface area contributed by atoms with Gasteiger partial charge in [-0.2, -0.15) is 0 Å². The third kappa shape index (κ3) is 5.24. The van der Waals surface area contributed by atoms with Crippen molar-refractivity contribution < 1.29 is 18.8 Å². The lowest BCUT2D eigenvalue weighted by molar-refractivity contribution is -0.114. The number of imide groups is 1. The molecule has 0 radical (unpaired) electrons. The van der Waals surface area contributed by atoms with Crippen LogP contribution in [0.4, 0.5) is 10.1 Å². The second-order valence-electron chi connectivity index (χ2n) is 7.87. The van der Waals surface area contributed by atoms with Crippen molar-refractivity contribution in [3.05, 3.63) is 106 Å². The fourth-order valence-corrected chi connectivity index (χ4v) is 3.93. The van der Waals surface area contributed by atoms with Crippen molar-refractivity contribution in [1.29, 1.82) is 0 Å². The quantitative estimate of drug-likeness (QED) is 0.241. The van der Waals surface area contributed by atoms with E-state index in [1.54, 1.807) is 71.6 Å². The minimum absolute atomic E-state index is 0.243. The molecular weight excluding hydrogens is 455 g/mol. The van der Waals surface area contributed by atoms with E-state index in [-0.39, 0.29) is 30.1 Å². The Morgan fingerprint density at radius 1 is 0.882 bits per heavy atom. The van der Waals surface area contributed by atoms with Crippen LogP contribution in [0, 0.1) is 5.82 Å². The van der Waals surface area contributed by atoms with Crippen LogP contribution in [0.25, 0.3) is 6.08 Å². The van der Waals surface area contributed by atoms with E-state index < -0.39 is 0 Å². The van der Waals surface area contributed by atoms with Gasteiger partial charge in [0, 0.05) is 29.9 Å². The molecule has 0 unspecified atom stereocenters. The van der Waals surface area contributed by atoms with Crippen molar-refractivity contribution in [2.75, 3.05) is 18.0 Å². The molecule has 0 fully saturated rings. The number of rotatable bonds is 8. The number of nitrogens with zero attached hydrogens (tertiary/aromatic N) is 2. The van der Waals surface area contributed by atoms with Crippen LogP contribution in [0.15, 0.2) is 78.9 Å². The Kier molecular flexibility index (Phi) is 7.18. The van der Waals surface area contributed by atoms with Crippen LogP contribution < -0.4 is 4.90 Å². The van der Waals surface area contributed by atoms with E-state index in [2.05, 4.69) is 0 Å². The van der Waals surface area contributed by atoms with Crippen LogP contribution in [-0.2, 0) is 4.79 Å². The predicted octanol–water partition coefficient (Wildman–Crippen LogP) is 5.60. The summed E-state index contributed by atoms with van der Waals surface area (Å²) in [5, 5.41) is 0.559. The standard InChI is InChI=1S/C27H22ClFN2O3/c28-20-10-14-22(15-11-20)30(25(32)16-9-19-7-12-21(29)13-8-19)17-3-4-18-31-26(33)23-5-1-2-6-24(23)27(31)34/h1-2,5-16H,3-4,17-18H2/b16-9+. The molecule has 0 bridgehead atoms. The Morgan fingerprint density at radius 3 is 2.12 bits per heavy atom. The zero-order valence-electron chi connectivity index (χ0n) is 18.3. The molecule has 172 valence electrons. The van der Waals surface area contributed by atoms with E-state index in [9.17, 15) is 18.8 Å². The van der Waals surface area contributed by atoms with Gasteiger partial charge in [0.15, 0.2) is 0 Å². The smallest absolute Gasteiger partial charge is 0.261 e. The molecule has 3 aromatic rings. The monoisotopic (exact) mass is 476 g/mol. The lowest BCUT2D eigenvalue weighted by Gasteiger charge is -2.22. The molecule has 0 aliphatic carbocycles. The molecule has 0 aromatic heterocycles. The van der Waals surface area contributed by atoms with Gasteiger partial charge in [-0.3, -0.25) is 19.3 Å². The highest BCUT2D eigenvalue weighted by atomic mass is 35.5. The Morgan fingerprint density at radius 2 is 1.50 bits per heavy atom. The molecule has 0 saturated carbocycles. The predicted molar refractivity (Wildman–Crippen MR) is 130 cm³/mol. The Labute approximate surface area is 202 Å². The van der Waals surface area contributed by atoms with Crippen molar-refractivity contribution in [1.82, 2.24) is 4.90 Å². The minimum atomic E-state index is -0.343. The van der Waals surface area contributed by atoms with Crippen LogP contribution in [0.1, 0.15) is 39.1 Å². The SMILES string of the molecule is O=C1c2ccccc2C(=O)N1CCCCN(C(=O)/C=C/c1ccc(F)cc1)c1ccc(Cl)cc1. The molecule has 0 saturated heterocycles. The number of carbonyl (C=O) groups is 3. The largest absolute Gasteiger partial charge is 0.309 e. The van der Waals surface area contributed by atoms with Gasteiger partial charge < -0.3 is 4.90 Å². The third-order valence-corrected chi connectivity index (χ3v) is 5.84. The molecule has 5 nitrogen and oxygen atoms in total. The van der Waals surface area contributed by atoms with E-state index in [1.165, 1.54) is 23.1 Å². The molecule has 1 aliphatic rings. The van der Waals surface area contributed by atoms with E-state index in [1.807, 2.05) is 0 Å². The minimum Gasteiger partial charge on any atom is -0.309 e. The molecule has 0 spiro atoms. The summed E-state index contributed by atoms with van der Waals surface area (Å²) in [6.07, 6.45) is 4.19. The van der Waals surface area contributed by atoms with Gasteiger partial charge in [0.05, 0.1) is 11.1 Å². The first-order chi connectivity index (χ1) is 16.4. The van der Waals surface area contributed by atoms with Crippen molar-refractivity contribution in [2.24, 2.45) is 0 Å². The van der Waals surface area contributed by atoms with Gasteiger partial charge in [0.1, 0.15) is 5.82 Å². The molecule has 1 aliphatic heterocycles. The fraction of sp³-hybridized carbons (Fsp3) is 0.148. The molecule has 0 N–H and O–H groups in total. The van der Waals surface area contributed by atoms with Gasteiger partial charge in [-0.25, -0.2) is 4.39 Å². The van der Waals surface area contributed by atoms with Gasteiger partial charge in [0.25, 0.3) is 17.7 Å². The summed E-state index contributed by atoms with van der Waals surface area (Å²) in [5.41, 5.74) is 2.24. The van der Waals surface area contributed by atoms with Crippen molar-refractivity contribution >= 4 is 41.1 Å². The summed E-state index contributed by atoms with van der Waals surface area (Å²) < 4.78 is 13.1. The number of anilines is 1. The molecule has 1 heterocycles. The maximum atomic E-state index is 13.1. The highest BCUT2D eigenvalue weighted by Crippen LogP contribution is 2.23. The van der Waals surface area contributed by atoms with Gasteiger partial charge in [-0.15, -0.1) is 0 Å². The second-order valence-corrected chi connectivity index (χ2v) is 8.30. The highest BCUT2D eigenvalue weighted by Gasteiger charge is 2.34. The van der Waals surface area contributed by atoms with Crippen LogP contribution in [-0.4, -0.2) is 35.7 Å². The van der Waals surface area contributed by atoms with E-state index >= 15 is 0 Å². The number of benzene rings is 3. The fourth-order valence-electron chi connectivity index (χ4n) is 3.80. The number of halogens is 2. The summed E-state index contributed by atoms with van der Waals surface area (Å²) in [5.74, 6) is -1.15. The molecule has 3 amide bonds. The highest BCUT2D eigenvalue weighted by molar-refractivity contribution is 6.30.